The average molecular weight is 437 g/mol. The lowest BCUT2D eigenvalue weighted by molar-refractivity contribution is -0.122. The maximum absolute atomic E-state index is 12.8. The zero-order valence-electron chi connectivity index (χ0n) is 15.7. The molecular weight excluding hydrogens is 424 g/mol. The van der Waals surface area contributed by atoms with E-state index < -0.39 is 23.8 Å². The molecule has 0 radical (unpaired) electrons. The number of amides is 4. The summed E-state index contributed by atoms with van der Waals surface area (Å²) >= 11 is 5.89. The SMILES string of the molecule is O=C1NC(=O)N(c2ccccc2)C(=O)C1=Cc1ccc(-c2ccc(Cl)c(C(=O)O)c2)o1. The standard InChI is InChI=1S/C22H13ClN2O6/c23-17-8-6-12(10-15(17)21(28)29)18-9-7-14(31-18)11-16-19(26)24-22(30)25(20(16)27)13-4-2-1-3-5-13/h1-11H,(H,28,29)(H,24,26,30). The molecule has 31 heavy (non-hydrogen) atoms. The highest BCUT2D eigenvalue weighted by molar-refractivity contribution is 6.39. The number of nitrogens with one attached hydrogen (secondary N) is 1. The number of para-hydroxylation sites is 1. The van der Waals surface area contributed by atoms with Crippen LogP contribution in [0.5, 0.6) is 0 Å². The largest absolute Gasteiger partial charge is 0.478 e. The van der Waals surface area contributed by atoms with Crippen LogP contribution in [-0.4, -0.2) is 28.9 Å². The molecule has 4 rings (SSSR count). The Bertz CT molecular complexity index is 1260. The van der Waals surface area contributed by atoms with Crippen LogP contribution in [0.25, 0.3) is 17.4 Å². The maximum atomic E-state index is 12.8. The van der Waals surface area contributed by atoms with Crippen LogP contribution in [-0.2, 0) is 9.59 Å². The second-order valence-corrected chi connectivity index (χ2v) is 6.90. The number of nitrogens with zero attached hydrogens (tertiary/aromatic N) is 1. The number of furan rings is 1. The zero-order valence-corrected chi connectivity index (χ0v) is 16.4. The van der Waals surface area contributed by atoms with Crippen molar-refractivity contribution in [2.45, 2.75) is 0 Å². The van der Waals surface area contributed by atoms with Gasteiger partial charge in [0.2, 0.25) is 0 Å². The van der Waals surface area contributed by atoms with Gasteiger partial charge >= 0.3 is 12.0 Å². The summed E-state index contributed by atoms with van der Waals surface area (Å²) < 4.78 is 5.66. The molecule has 2 heterocycles. The second-order valence-electron chi connectivity index (χ2n) is 6.50. The fraction of sp³-hybridized carbons (Fsp3) is 0. The Balaban J connectivity index is 1.67. The lowest BCUT2D eigenvalue weighted by Gasteiger charge is -2.26. The molecule has 1 aromatic heterocycles. The number of hydrogen-bond donors (Lipinski definition) is 2. The molecule has 3 aromatic rings. The van der Waals surface area contributed by atoms with Crippen molar-refractivity contribution in [3.63, 3.8) is 0 Å². The Morgan fingerprint density at radius 3 is 2.48 bits per heavy atom. The van der Waals surface area contributed by atoms with Gasteiger partial charge < -0.3 is 9.52 Å². The zero-order chi connectivity index (χ0) is 22.1. The molecule has 2 aromatic carbocycles. The first-order valence-electron chi connectivity index (χ1n) is 8.94. The number of carboxylic acid groups (broad SMARTS) is 1. The summed E-state index contributed by atoms with van der Waals surface area (Å²) in [4.78, 5) is 49.4. The van der Waals surface area contributed by atoms with Crippen LogP contribution in [0.1, 0.15) is 16.1 Å². The van der Waals surface area contributed by atoms with Gasteiger partial charge in [0.25, 0.3) is 11.8 Å². The smallest absolute Gasteiger partial charge is 0.337 e. The van der Waals surface area contributed by atoms with E-state index in [1.165, 1.54) is 24.3 Å². The molecule has 9 heteroatoms. The molecule has 1 aliphatic heterocycles. The minimum atomic E-state index is -1.18. The average Bonchev–Trinajstić information content (AvgIpc) is 3.20. The number of rotatable bonds is 4. The van der Waals surface area contributed by atoms with Crippen LogP contribution >= 0.6 is 11.6 Å². The van der Waals surface area contributed by atoms with Crippen molar-refractivity contribution in [2.24, 2.45) is 0 Å². The lowest BCUT2D eigenvalue weighted by Crippen LogP contribution is -2.54. The second kappa shape index (κ2) is 7.92. The highest BCUT2D eigenvalue weighted by Gasteiger charge is 2.37. The summed E-state index contributed by atoms with van der Waals surface area (Å²) in [7, 11) is 0. The van der Waals surface area contributed by atoms with Gasteiger partial charge in [-0.15, -0.1) is 0 Å². The predicted octanol–water partition coefficient (Wildman–Crippen LogP) is 3.96. The Kier molecular flexibility index (Phi) is 5.14. The van der Waals surface area contributed by atoms with Gasteiger partial charge in [-0.1, -0.05) is 29.8 Å². The molecule has 0 saturated carbocycles. The fourth-order valence-electron chi connectivity index (χ4n) is 3.04. The Hall–Kier alpha value is -4.17. The molecular formula is C22H13ClN2O6. The van der Waals surface area contributed by atoms with Crippen molar-refractivity contribution < 1.29 is 28.7 Å². The number of imide groups is 2. The molecule has 1 fully saturated rings. The van der Waals surface area contributed by atoms with Crippen molar-refractivity contribution in [3.05, 3.63) is 82.6 Å². The van der Waals surface area contributed by atoms with E-state index >= 15 is 0 Å². The van der Waals surface area contributed by atoms with E-state index in [0.29, 0.717) is 17.0 Å². The molecule has 8 nitrogen and oxygen atoms in total. The van der Waals surface area contributed by atoms with Gasteiger partial charge in [0.05, 0.1) is 16.3 Å². The summed E-state index contributed by atoms with van der Waals surface area (Å²) in [5.74, 6) is -2.35. The van der Waals surface area contributed by atoms with Gasteiger partial charge in [0.1, 0.15) is 17.1 Å². The van der Waals surface area contributed by atoms with E-state index in [9.17, 15) is 24.3 Å². The number of benzene rings is 2. The summed E-state index contributed by atoms with van der Waals surface area (Å²) in [5, 5.41) is 11.4. The third kappa shape index (κ3) is 3.84. The first-order chi connectivity index (χ1) is 14.8. The number of carbonyl (C=O) groups is 4. The number of aromatic carboxylic acids is 1. The van der Waals surface area contributed by atoms with Gasteiger partial charge in [-0.3, -0.25) is 14.9 Å². The van der Waals surface area contributed by atoms with Gasteiger partial charge in [0, 0.05) is 5.56 Å². The first-order valence-corrected chi connectivity index (χ1v) is 9.32. The normalized spacial score (nSPS) is 15.3. The molecule has 154 valence electrons. The van der Waals surface area contributed by atoms with Crippen LogP contribution in [0, 0.1) is 0 Å². The minimum Gasteiger partial charge on any atom is -0.478 e. The molecule has 2 N–H and O–H groups in total. The number of anilines is 1. The molecule has 0 atom stereocenters. The van der Waals surface area contributed by atoms with Gasteiger partial charge in [0.15, 0.2) is 0 Å². The van der Waals surface area contributed by atoms with Crippen LogP contribution in [0.3, 0.4) is 0 Å². The van der Waals surface area contributed by atoms with E-state index in [0.717, 1.165) is 4.90 Å². The first kappa shape index (κ1) is 20.1. The molecule has 4 amide bonds. The van der Waals surface area contributed by atoms with E-state index in [4.69, 9.17) is 16.0 Å². The van der Waals surface area contributed by atoms with E-state index in [1.54, 1.807) is 42.5 Å². The number of halogens is 1. The number of carboxylic acids is 1. The highest BCUT2D eigenvalue weighted by Crippen LogP contribution is 2.28. The lowest BCUT2D eigenvalue weighted by atomic mass is 10.1. The quantitative estimate of drug-likeness (QED) is 0.472. The third-order valence-corrected chi connectivity index (χ3v) is 4.84. The summed E-state index contributed by atoms with van der Waals surface area (Å²) in [6, 6.07) is 14.8. The van der Waals surface area contributed by atoms with Crippen LogP contribution in [0.15, 0.2) is 70.7 Å². The molecule has 0 spiro atoms. The number of barbiturate groups is 1. The molecule has 0 bridgehead atoms. The maximum Gasteiger partial charge on any atom is 0.337 e. The number of hydrogen-bond acceptors (Lipinski definition) is 5. The van der Waals surface area contributed by atoms with Crippen LogP contribution in [0.2, 0.25) is 5.02 Å². The molecule has 0 unspecified atom stereocenters. The summed E-state index contributed by atoms with van der Waals surface area (Å²) in [6.07, 6.45) is 1.22. The molecule has 1 saturated heterocycles. The van der Waals surface area contributed by atoms with E-state index in [2.05, 4.69) is 5.32 Å². The Morgan fingerprint density at radius 1 is 1.03 bits per heavy atom. The van der Waals surface area contributed by atoms with Crippen molar-refractivity contribution in [3.8, 4) is 11.3 Å². The predicted molar refractivity (Wildman–Crippen MR) is 112 cm³/mol. The Morgan fingerprint density at radius 2 is 1.77 bits per heavy atom. The van der Waals surface area contributed by atoms with E-state index in [-0.39, 0.29) is 21.9 Å². The van der Waals surface area contributed by atoms with Crippen molar-refractivity contribution in [1.82, 2.24) is 5.32 Å². The topological polar surface area (TPSA) is 117 Å². The van der Waals surface area contributed by atoms with Gasteiger partial charge in [-0.25, -0.2) is 14.5 Å². The Labute approximate surface area is 180 Å². The van der Waals surface area contributed by atoms with Gasteiger partial charge in [-0.05, 0) is 48.5 Å². The third-order valence-electron chi connectivity index (χ3n) is 4.51. The number of carbonyl (C=O) groups excluding carboxylic acids is 3. The van der Waals surface area contributed by atoms with Crippen molar-refractivity contribution >= 4 is 47.2 Å². The highest BCUT2D eigenvalue weighted by atomic mass is 35.5. The van der Waals surface area contributed by atoms with Crippen molar-refractivity contribution in [1.29, 1.82) is 0 Å². The fourth-order valence-corrected chi connectivity index (χ4v) is 3.24. The molecule has 0 aliphatic carbocycles. The summed E-state index contributed by atoms with van der Waals surface area (Å²) in [6.45, 7) is 0. The number of urea groups is 1. The monoisotopic (exact) mass is 436 g/mol. The van der Waals surface area contributed by atoms with Gasteiger partial charge in [-0.2, -0.15) is 0 Å². The van der Waals surface area contributed by atoms with Crippen LogP contribution in [0.4, 0.5) is 10.5 Å². The van der Waals surface area contributed by atoms with Crippen LogP contribution < -0.4 is 10.2 Å². The van der Waals surface area contributed by atoms with Crippen molar-refractivity contribution in [2.75, 3.05) is 4.90 Å². The minimum absolute atomic E-state index is 0.0836. The molecule has 1 aliphatic rings. The van der Waals surface area contributed by atoms with E-state index in [1.807, 2.05) is 0 Å². The summed E-state index contributed by atoms with van der Waals surface area (Å²) in [5.41, 5.74) is 0.388.